The van der Waals surface area contributed by atoms with E-state index in [-0.39, 0.29) is 17.7 Å². The molecule has 0 radical (unpaired) electrons. The average Bonchev–Trinajstić information content (AvgIpc) is 2.37. The van der Waals surface area contributed by atoms with Gasteiger partial charge in [0.05, 0.1) is 0 Å². The summed E-state index contributed by atoms with van der Waals surface area (Å²) in [6, 6.07) is 0. The van der Waals surface area contributed by atoms with Crippen molar-refractivity contribution in [1.82, 2.24) is 15.1 Å². The first kappa shape index (κ1) is 16.5. The Kier molecular flexibility index (Phi) is 5.53. The van der Waals surface area contributed by atoms with E-state index in [1.807, 2.05) is 20.8 Å². The van der Waals surface area contributed by atoms with Crippen molar-refractivity contribution in [2.24, 2.45) is 5.41 Å². The molecule has 6 heteroatoms. The van der Waals surface area contributed by atoms with Crippen LogP contribution in [0.25, 0.3) is 0 Å². The normalized spacial score (nSPS) is 16.0. The number of rotatable bonds is 3. The Hall–Kier alpha value is -1.59. The lowest BCUT2D eigenvalue weighted by molar-refractivity contribution is -0.138. The van der Waals surface area contributed by atoms with E-state index in [2.05, 4.69) is 5.32 Å². The van der Waals surface area contributed by atoms with E-state index >= 15 is 0 Å². The highest BCUT2D eigenvalue weighted by atomic mass is 16.2. The third-order valence-electron chi connectivity index (χ3n) is 3.38. The van der Waals surface area contributed by atoms with Gasteiger partial charge in [-0.1, -0.05) is 20.8 Å². The minimum Gasteiger partial charge on any atom is -0.355 e. The summed E-state index contributed by atoms with van der Waals surface area (Å²) in [7, 11) is 0. The van der Waals surface area contributed by atoms with Crippen LogP contribution in [0.4, 0.5) is 0 Å². The van der Waals surface area contributed by atoms with E-state index in [1.165, 1.54) is 0 Å². The maximum Gasteiger partial charge on any atom is 0.225 e. The molecule has 0 aromatic heterocycles. The summed E-state index contributed by atoms with van der Waals surface area (Å²) < 4.78 is 0. The molecule has 1 saturated heterocycles. The number of carbonyl (C=O) groups excluding carboxylic acids is 3. The Morgan fingerprint density at radius 1 is 1.00 bits per heavy atom. The maximum absolute atomic E-state index is 12.0. The van der Waals surface area contributed by atoms with E-state index < -0.39 is 5.41 Å². The molecule has 0 spiro atoms. The quantitative estimate of drug-likeness (QED) is 0.806. The largest absolute Gasteiger partial charge is 0.355 e. The van der Waals surface area contributed by atoms with Gasteiger partial charge in [0.25, 0.3) is 0 Å². The van der Waals surface area contributed by atoms with E-state index in [4.69, 9.17) is 0 Å². The van der Waals surface area contributed by atoms with Crippen molar-refractivity contribution in [2.75, 3.05) is 32.7 Å². The Labute approximate surface area is 120 Å². The Bertz CT molecular complexity index is 380. The van der Waals surface area contributed by atoms with E-state index in [1.54, 1.807) is 16.7 Å². The van der Waals surface area contributed by atoms with Gasteiger partial charge < -0.3 is 15.1 Å². The van der Waals surface area contributed by atoms with Crippen LogP contribution in [0.15, 0.2) is 0 Å². The zero-order valence-corrected chi connectivity index (χ0v) is 12.9. The molecule has 0 atom stereocenters. The first-order valence-electron chi connectivity index (χ1n) is 7.03. The zero-order valence-electron chi connectivity index (χ0n) is 12.9. The van der Waals surface area contributed by atoms with Crippen LogP contribution in [-0.2, 0) is 14.4 Å². The number of hydrogen-bond acceptors (Lipinski definition) is 3. The van der Waals surface area contributed by atoms with Gasteiger partial charge in [0, 0.05) is 51.5 Å². The molecular formula is C14H25N3O3. The molecule has 6 nitrogen and oxygen atoms in total. The van der Waals surface area contributed by atoms with Crippen molar-refractivity contribution in [2.45, 2.75) is 34.1 Å². The molecule has 0 aliphatic carbocycles. The molecule has 114 valence electrons. The molecule has 1 aliphatic heterocycles. The van der Waals surface area contributed by atoms with Crippen LogP contribution < -0.4 is 5.32 Å². The van der Waals surface area contributed by atoms with Gasteiger partial charge in [-0.15, -0.1) is 0 Å². The van der Waals surface area contributed by atoms with Crippen molar-refractivity contribution >= 4 is 17.7 Å². The van der Waals surface area contributed by atoms with Crippen molar-refractivity contribution in [3.05, 3.63) is 0 Å². The van der Waals surface area contributed by atoms with Gasteiger partial charge >= 0.3 is 0 Å². The maximum atomic E-state index is 12.0. The van der Waals surface area contributed by atoms with Crippen LogP contribution in [0.5, 0.6) is 0 Å². The highest BCUT2D eigenvalue weighted by Gasteiger charge is 2.23. The minimum absolute atomic E-state index is 0.0300. The van der Waals surface area contributed by atoms with Gasteiger partial charge in [-0.3, -0.25) is 14.4 Å². The van der Waals surface area contributed by atoms with Crippen LogP contribution in [0.3, 0.4) is 0 Å². The predicted molar refractivity (Wildman–Crippen MR) is 75.9 cm³/mol. The zero-order chi connectivity index (χ0) is 15.3. The Morgan fingerprint density at radius 2 is 1.50 bits per heavy atom. The monoisotopic (exact) mass is 283 g/mol. The van der Waals surface area contributed by atoms with Gasteiger partial charge in [0.1, 0.15) is 0 Å². The predicted octanol–water partition coefficient (Wildman–Crippen LogP) is 0.230. The van der Waals surface area contributed by atoms with Crippen LogP contribution >= 0.6 is 0 Å². The summed E-state index contributed by atoms with van der Waals surface area (Å²) >= 11 is 0. The fourth-order valence-corrected chi connectivity index (χ4v) is 1.98. The second-order valence-corrected chi connectivity index (χ2v) is 6.14. The lowest BCUT2D eigenvalue weighted by Crippen LogP contribution is -2.50. The number of nitrogens with one attached hydrogen (secondary N) is 1. The van der Waals surface area contributed by atoms with E-state index in [0.717, 1.165) is 0 Å². The number of hydrogen-bond donors (Lipinski definition) is 1. The van der Waals surface area contributed by atoms with Crippen LogP contribution in [-0.4, -0.2) is 60.2 Å². The molecule has 0 saturated carbocycles. The summed E-state index contributed by atoms with van der Waals surface area (Å²) in [5, 5.41) is 2.77. The molecule has 20 heavy (non-hydrogen) atoms. The van der Waals surface area contributed by atoms with Gasteiger partial charge in [-0.05, 0) is 0 Å². The van der Waals surface area contributed by atoms with Gasteiger partial charge in [0.15, 0.2) is 0 Å². The molecule has 1 heterocycles. The number of carbonyl (C=O) groups is 3. The van der Waals surface area contributed by atoms with Crippen LogP contribution in [0, 0.1) is 5.41 Å². The Balaban J connectivity index is 2.28. The third kappa shape index (κ3) is 4.83. The molecule has 3 amide bonds. The first-order chi connectivity index (χ1) is 9.21. The van der Waals surface area contributed by atoms with Gasteiger partial charge in [0.2, 0.25) is 17.7 Å². The number of amides is 3. The van der Waals surface area contributed by atoms with Gasteiger partial charge in [-0.25, -0.2) is 0 Å². The highest BCUT2D eigenvalue weighted by molar-refractivity contribution is 5.82. The molecule has 0 bridgehead atoms. The van der Waals surface area contributed by atoms with E-state index in [0.29, 0.717) is 39.1 Å². The molecular weight excluding hydrogens is 258 g/mol. The summed E-state index contributed by atoms with van der Waals surface area (Å²) in [6.07, 6.45) is 0.307. The Morgan fingerprint density at radius 3 is 1.95 bits per heavy atom. The second-order valence-electron chi connectivity index (χ2n) is 6.14. The summed E-state index contributed by atoms with van der Waals surface area (Å²) in [5.41, 5.74) is -0.434. The fourth-order valence-electron chi connectivity index (χ4n) is 1.98. The van der Waals surface area contributed by atoms with Crippen LogP contribution in [0.1, 0.15) is 34.1 Å². The smallest absolute Gasteiger partial charge is 0.225 e. The molecule has 1 fully saturated rings. The second kappa shape index (κ2) is 6.72. The lowest BCUT2D eigenvalue weighted by atomic mass is 9.96. The van der Waals surface area contributed by atoms with Crippen molar-refractivity contribution in [3.8, 4) is 0 Å². The molecule has 0 aromatic carbocycles. The van der Waals surface area contributed by atoms with Crippen molar-refractivity contribution in [3.63, 3.8) is 0 Å². The molecule has 1 aliphatic rings. The topological polar surface area (TPSA) is 69.7 Å². The third-order valence-corrected chi connectivity index (χ3v) is 3.38. The summed E-state index contributed by atoms with van der Waals surface area (Å²) in [6.45, 7) is 9.75. The van der Waals surface area contributed by atoms with E-state index in [9.17, 15) is 14.4 Å². The minimum atomic E-state index is -0.434. The van der Waals surface area contributed by atoms with Crippen molar-refractivity contribution < 1.29 is 14.4 Å². The summed E-state index contributed by atoms with van der Waals surface area (Å²) in [4.78, 5) is 38.3. The molecule has 1 N–H and O–H groups in total. The first-order valence-corrected chi connectivity index (χ1v) is 7.03. The standard InChI is InChI=1S/C14H25N3O3/c1-11(18)16-7-9-17(10-8-16)12(19)5-6-15-13(20)14(2,3)4/h5-10H2,1-4H3,(H,15,20). The summed E-state index contributed by atoms with van der Waals surface area (Å²) in [5.74, 6) is 0.0312. The molecule has 1 rings (SSSR count). The number of piperazine rings is 1. The average molecular weight is 283 g/mol. The van der Waals surface area contributed by atoms with Gasteiger partial charge in [-0.2, -0.15) is 0 Å². The molecule has 0 aromatic rings. The van der Waals surface area contributed by atoms with Crippen LogP contribution in [0.2, 0.25) is 0 Å². The SMILES string of the molecule is CC(=O)N1CCN(C(=O)CCNC(=O)C(C)(C)C)CC1. The highest BCUT2D eigenvalue weighted by Crippen LogP contribution is 2.12. The lowest BCUT2D eigenvalue weighted by Gasteiger charge is -2.34. The fraction of sp³-hybridized carbons (Fsp3) is 0.786. The van der Waals surface area contributed by atoms with Crippen molar-refractivity contribution in [1.29, 1.82) is 0 Å². The number of nitrogens with zero attached hydrogens (tertiary/aromatic N) is 2. The molecule has 0 unspecified atom stereocenters.